The van der Waals surface area contributed by atoms with E-state index in [4.69, 9.17) is 0 Å². The molecule has 33 heavy (non-hydrogen) atoms. The summed E-state index contributed by atoms with van der Waals surface area (Å²) in [5.41, 5.74) is 5.44. The van der Waals surface area contributed by atoms with Crippen LogP contribution in [0, 0.1) is 6.92 Å². The number of anilines is 2. The highest BCUT2D eigenvalue weighted by molar-refractivity contribution is 7.89. The standard InChI is InChI=1S/C26H25N3O3S/c1-19-6-12-22(13-7-19)33(31,32)29-16-14-28(15-17-29)21-10-8-20(9-11-21)18-24-23-4-2-3-5-25(23)27-26(24)30/h2-13,18H,14-17H2,1H3,(H,27,30)/b24-18-. The maximum absolute atomic E-state index is 12.9. The first-order chi connectivity index (χ1) is 15.9. The van der Waals surface area contributed by atoms with Crippen LogP contribution in [-0.4, -0.2) is 44.8 Å². The third-order valence-corrected chi connectivity index (χ3v) is 8.09. The zero-order valence-corrected chi connectivity index (χ0v) is 19.2. The number of para-hydroxylation sites is 1. The van der Waals surface area contributed by atoms with E-state index in [-0.39, 0.29) is 5.91 Å². The Kier molecular flexibility index (Phi) is 5.52. The molecule has 5 rings (SSSR count). The number of hydrogen-bond donors (Lipinski definition) is 1. The van der Waals surface area contributed by atoms with E-state index in [1.807, 2.05) is 73.7 Å². The highest BCUT2D eigenvalue weighted by atomic mass is 32.2. The van der Waals surface area contributed by atoms with Crippen molar-refractivity contribution in [1.29, 1.82) is 0 Å². The predicted molar refractivity (Wildman–Crippen MR) is 132 cm³/mol. The molecule has 3 aromatic carbocycles. The molecule has 2 heterocycles. The fraction of sp³-hybridized carbons (Fsp3) is 0.192. The van der Waals surface area contributed by atoms with Gasteiger partial charge < -0.3 is 10.2 Å². The summed E-state index contributed by atoms with van der Waals surface area (Å²) in [5.74, 6) is -0.0915. The van der Waals surface area contributed by atoms with Crippen LogP contribution in [0.2, 0.25) is 0 Å². The van der Waals surface area contributed by atoms with Gasteiger partial charge in [0, 0.05) is 48.7 Å². The lowest BCUT2D eigenvalue weighted by Crippen LogP contribution is -2.48. The maximum Gasteiger partial charge on any atom is 0.256 e. The Hall–Kier alpha value is -3.42. The Morgan fingerprint density at radius 3 is 2.21 bits per heavy atom. The van der Waals surface area contributed by atoms with Crippen LogP contribution in [0.5, 0.6) is 0 Å². The lowest BCUT2D eigenvalue weighted by atomic mass is 10.0. The van der Waals surface area contributed by atoms with Gasteiger partial charge in [0.15, 0.2) is 0 Å². The molecule has 2 aliphatic heterocycles. The van der Waals surface area contributed by atoms with Crippen molar-refractivity contribution in [3.63, 3.8) is 0 Å². The van der Waals surface area contributed by atoms with Gasteiger partial charge in [-0.1, -0.05) is 48.0 Å². The molecule has 6 nitrogen and oxygen atoms in total. The first kappa shape index (κ1) is 21.4. The second kappa shape index (κ2) is 8.50. The van der Waals surface area contributed by atoms with Gasteiger partial charge in [-0.2, -0.15) is 4.31 Å². The third kappa shape index (κ3) is 4.17. The largest absolute Gasteiger partial charge is 0.369 e. The minimum atomic E-state index is -3.47. The Bertz CT molecular complexity index is 1320. The van der Waals surface area contributed by atoms with Gasteiger partial charge in [-0.3, -0.25) is 4.79 Å². The van der Waals surface area contributed by atoms with Crippen molar-refractivity contribution in [3.05, 3.63) is 89.5 Å². The topological polar surface area (TPSA) is 69.7 Å². The minimum Gasteiger partial charge on any atom is -0.369 e. The summed E-state index contributed by atoms with van der Waals surface area (Å²) in [4.78, 5) is 14.9. The summed E-state index contributed by atoms with van der Waals surface area (Å²) in [7, 11) is -3.47. The van der Waals surface area contributed by atoms with Gasteiger partial charge >= 0.3 is 0 Å². The number of amides is 1. The molecule has 0 bridgehead atoms. The van der Waals surface area contributed by atoms with Crippen LogP contribution in [0.1, 0.15) is 16.7 Å². The van der Waals surface area contributed by atoms with Crippen LogP contribution in [0.3, 0.4) is 0 Å². The van der Waals surface area contributed by atoms with Crippen molar-refractivity contribution < 1.29 is 13.2 Å². The molecule has 7 heteroatoms. The highest BCUT2D eigenvalue weighted by Crippen LogP contribution is 2.33. The molecule has 0 spiro atoms. The fourth-order valence-corrected chi connectivity index (χ4v) is 5.70. The van der Waals surface area contributed by atoms with E-state index in [1.165, 1.54) is 0 Å². The normalized spacial score (nSPS) is 17.8. The van der Waals surface area contributed by atoms with Gasteiger partial charge in [0.25, 0.3) is 5.91 Å². The summed E-state index contributed by atoms with van der Waals surface area (Å²) >= 11 is 0. The van der Waals surface area contributed by atoms with Crippen LogP contribution in [0.4, 0.5) is 11.4 Å². The van der Waals surface area contributed by atoms with Crippen molar-refractivity contribution in [1.82, 2.24) is 4.31 Å². The minimum absolute atomic E-state index is 0.0915. The third-order valence-electron chi connectivity index (χ3n) is 6.18. The summed E-state index contributed by atoms with van der Waals surface area (Å²) in [6.07, 6.45) is 1.90. The first-order valence-corrected chi connectivity index (χ1v) is 12.4. The van der Waals surface area contributed by atoms with E-state index >= 15 is 0 Å². The van der Waals surface area contributed by atoms with E-state index < -0.39 is 10.0 Å². The van der Waals surface area contributed by atoms with Crippen molar-refractivity contribution in [2.24, 2.45) is 0 Å². The van der Waals surface area contributed by atoms with Crippen LogP contribution in [0.25, 0.3) is 11.6 Å². The summed E-state index contributed by atoms with van der Waals surface area (Å²) < 4.78 is 27.4. The van der Waals surface area contributed by atoms with Crippen LogP contribution >= 0.6 is 0 Å². The summed E-state index contributed by atoms with van der Waals surface area (Å²) in [5, 5.41) is 2.89. The summed E-state index contributed by atoms with van der Waals surface area (Å²) in [6.45, 7) is 4.08. The summed E-state index contributed by atoms with van der Waals surface area (Å²) in [6, 6.07) is 22.7. The molecule has 3 aromatic rings. The smallest absolute Gasteiger partial charge is 0.256 e. The molecule has 0 atom stereocenters. The van der Waals surface area contributed by atoms with Crippen molar-refractivity contribution in [2.45, 2.75) is 11.8 Å². The zero-order chi connectivity index (χ0) is 23.0. The molecular weight excluding hydrogens is 434 g/mol. The van der Waals surface area contributed by atoms with Crippen LogP contribution in [0.15, 0.2) is 77.7 Å². The average Bonchev–Trinajstić information content (AvgIpc) is 3.15. The number of sulfonamides is 1. The number of benzene rings is 3. The van der Waals surface area contributed by atoms with E-state index in [0.29, 0.717) is 36.6 Å². The number of aryl methyl sites for hydroxylation is 1. The van der Waals surface area contributed by atoms with E-state index in [0.717, 1.165) is 28.1 Å². The second-order valence-corrected chi connectivity index (χ2v) is 10.3. The molecule has 1 amide bonds. The van der Waals surface area contributed by atoms with Crippen molar-refractivity contribution in [2.75, 3.05) is 36.4 Å². The molecule has 1 N–H and O–H groups in total. The van der Waals surface area contributed by atoms with E-state index in [9.17, 15) is 13.2 Å². The Labute approximate surface area is 194 Å². The van der Waals surface area contributed by atoms with Gasteiger partial charge in [-0.05, 0) is 48.9 Å². The molecule has 0 radical (unpaired) electrons. The number of rotatable bonds is 4. The Balaban J connectivity index is 1.27. The molecule has 1 fully saturated rings. The molecule has 0 saturated carbocycles. The van der Waals surface area contributed by atoms with Gasteiger partial charge in [-0.25, -0.2) is 8.42 Å². The number of carbonyl (C=O) groups excluding carboxylic acids is 1. The highest BCUT2D eigenvalue weighted by Gasteiger charge is 2.28. The number of carbonyl (C=O) groups is 1. The van der Waals surface area contributed by atoms with Crippen molar-refractivity contribution in [3.8, 4) is 0 Å². The fourth-order valence-electron chi connectivity index (χ4n) is 4.28. The molecule has 168 valence electrons. The number of hydrogen-bond acceptors (Lipinski definition) is 4. The van der Waals surface area contributed by atoms with Gasteiger partial charge in [0.2, 0.25) is 10.0 Å². The van der Waals surface area contributed by atoms with Crippen LogP contribution in [-0.2, 0) is 14.8 Å². The predicted octanol–water partition coefficient (Wildman–Crippen LogP) is 4.00. The number of piperazine rings is 1. The number of fused-ring (bicyclic) bond motifs is 1. The molecule has 2 aliphatic rings. The zero-order valence-electron chi connectivity index (χ0n) is 18.4. The van der Waals surface area contributed by atoms with Gasteiger partial charge in [-0.15, -0.1) is 0 Å². The van der Waals surface area contributed by atoms with E-state index in [2.05, 4.69) is 10.2 Å². The van der Waals surface area contributed by atoms with Gasteiger partial charge in [0.1, 0.15) is 0 Å². The molecule has 1 saturated heterocycles. The van der Waals surface area contributed by atoms with Crippen molar-refractivity contribution >= 4 is 39.0 Å². The molecule has 0 unspecified atom stereocenters. The van der Waals surface area contributed by atoms with E-state index in [1.54, 1.807) is 16.4 Å². The monoisotopic (exact) mass is 459 g/mol. The van der Waals surface area contributed by atoms with Gasteiger partial charge in [0.05, 0.1) is 4.90 Å². The first-order valence-electron chi connectivity index (χ1n) is 11.0. The molecule has 0 aliphatic carbocycles. The number of nitrogens with one attached hydrogen (secondary N) is 1. The number of nitrogens with zero attached hydrogens (tertiary/aromatic N) is 2. The lowest BCUT2D eigenvalue weighted by molar-refractivity contribution is -0.110. The average molecular weight is 460 g/mol. The molecule has 0 aromatic heterocycles. The maximum atomic E-state index is 12.9. The second-order valence-electron chi connectivity index (χ2n) is 8.35. The molecular formula is C26H25N3O3S. The lowest BCUT2D eigenvalue weighted by Gasteiger charge is -2.35. The SMILES string of the molecule is Cc1ccc(S(=O)(=O)N2CCN(c3ccc(/C=C4\C(=O)Nc5ccccc54)cc3)CC2)cc1. The Morgan fingerprint density at radius 2 is 1.52 bits per heavy atom. The quantitative estimate of drug-likeness (QED) is 0.599. The van der Waals surface area contributed by atoms with Crippen LogP contribution < -0.4 is 10.2 Å². The Morgan fingerprint density at radius 1 is 0.848 bits per heavy atom.